The number of likely N-dealkylation sites (tertiary alicyclic amines) is 1. The fraction of sp³-hybridized carbons (Fsp3) is 0.909. The van der Waals surface area contributed by atoms with Crippen LogP contribution in [-0.2, 0) is 9.53 Å². The van der Waals surface area contributed by atoms with E-state index in [0.717, 1.165) is 26.1 Å². The largest absolute Gasteiger partial charge is 0.461 e. The second-order valence-electron chi connectivity index (χ2n) is 4.96. The molecule has 1 aliphatic heterocycles. The van der Waals surface area contributed by atoms with Crippen molar-refractivity contribution in [1.29, 1.82) is 0 Å². The molecule has 0 aromatic carbocycles. The lowest BCUT2D eigenvalue weighted by Crippen LogP contribution is -2.30. The van der Waals surface area contributed by atoms with E-state index in [0.29, 0.717) is 0 Å². The molecule has 1 atom stereocenters. The maximum Gasteiger partial charge on any atom is 0.311 e. The Kier molecular flexibility index (Phi) is 5.60. The molecule has 0 radical (unpaired) electrons. The fourth-order valence-corrected chi connectivity index (χ4v) is 1.51. The van der Waals surface area contributed by atoms with Gasteiger partial charge < -0.3 is 4.74 Å². The zero-order valence-corrected chi connectivity index (χ0v) is 10.9. The molecule has 90 valence electrons. The van der Waals surface area contributed by atoms with Crippen molar-refractivity contribution in [1.82, 2.24) is 4.90 Å². The van der Waals surface area contributed by atoms with Gasteiger partial charge in [0.05, 0.1) is 5.41 Å². The zero-order chi connectivity index (χ0) is 10.8. The van der Waals surface area contributed by atoms with Crippen molar-refractivity contribution in [3.63, 3.8) is 0 Å². The average Bonchev–Trinajstić information content (AvgIpc) is 2.50. The van der Waals surface area contributed by atoms with Crippen LogP contribution in [0.4, 0.5) is 0 Å². The third kappa shape index (κ3) is 4.39. The molecule has 3 nitrogen and oxygen atoms in total. The number of carbonyl (C=O) groups is 1. The minimum absolute atomic E-state index is 0. The lowest BCUT2D eigenvalue weighted by atomic mass is 9.97. The van der Waals surface area contributed by atoms with Crippen molar-refractivity contribution >= 4 is 18.4 Å². The molecule has 1 unspecified atom stereocenters. The Hall–Kier alpha value is -0.280. The van der Waals surface area contributed by atoms with Crippen LogP contribution in [0.15, 0.2) is 0 Å². The SMILES string of the molecule is CCN1CCC(OC(=O)C(C)(C)C)C1.Cl. The second kappa shape index (κ2) is 5.71. The summed E-state index contributed by atoms with van der Waals surface area (Å²) in [4.78, 5) is 13.9. The summed E-state index contributed by atoms with van der Waals surface area (Å²) in [6, 6.07) is 0. The van der Waals surface area contributed by atoms with Crippen molar-refractivity contribution in [2.24, 2.45) is 5.41 Å². The van der Waals surface area contributed by atoms with Crippen LogP contribution in [-0.4, -0.2) is 36.6 Å². The van der Waals surface area contributed by atoms with Gasteiger partial charge in [0.1, 0.15) is 6.10 Å². The zero-order valence-electron chi connectivity index (χ0n) is 10.1. The second-order valence-corrected chi connectivity index (χ2v) is 4.96. The molecule has 1 saturated heterocycles. The number of hydrogen-bond donors (Lipinski definition) is 0. The summed E-state index contributed by atoms with van der Waals surface area (Å²) in [5.41, 5.74) is -0.375. The highest BCUT2D eigenvalue weighted by Crippen LogP contribution is 2.20. The first-order chi connectivity index (χ1) is 6.43. The summed E-state index contributed by atoms with van der Waals surface area (Å²) in [5.74, 6) is -0.0829. The van der Waals surface area contributed by atoms with E-state index in [1.165, 1.54) is 0 Å². The lowest BCUT2D eigenvalue weighted by molar-refractivity contribution is -0.157. The predicted octanol–water partition coefficient (Wildman–Crippen LogP) is 2.09. The van der Waals surface area contributed by atoms with Crippen LogP contribution in [0.2, 0.25) is 0 Å². The first-order valence-electron chi connectivity index (χ1n) is 5.37. The van der Waals surface area contributed by atoms with Gasteiger partial charge in [0.15, 0.2) is 0 Å². The van der Waals surface area contributed by atoms with E-state index >= 15 is 0 Å². The van der Waals surface area contributed by atoms with Crippen LogP contribution in [0.3, 0.4) is 0 Å². The van der Waals surface area contributed by atoms with Crippen molar-refractivity contribution < 1.29 is 9.53 Å². The standard InChI is InChI=1S/C11H21NO2.ClH/c1-5-12-7-6-9(8-12)14-10(13)11(2,3)4;/h9H,5-8H2,1-4H3;1H. The molecule has 15 heavy (non-hydrogen) atoms. The lowest BCUT2D eigenvalue weighted by Gasteiger charge is -2.20. The third-order valence-electron chi connectivity index (χ3n) is 2.56. The Morgan fingerprint density at radius 3 is 2.47 bits per heavy atom. The monoisotopic (exact) mass is 235 g/mol. The molecule has 0 spiro atoms. The van der Waals surface area contributed by atoms with Gasteiger partial charge in [0, 0.05) is 13.1 Å². The van der Waals surface area contributed by atoms with Crippen molar-refractivity contribution in [2.45, 2.75) is 40.2 Å². The van der Waals surface area contributed by atoms with Crippen molar-refractivity contribution in [3.8, 4) is 0 Å². The van der Waals surface area contributed by atoms with Gasteiger partial charge in [-0.1, -0.05) is 6.92 Å². The molecule has 1 rings (SSSR count). The van der Waals surface area contributed by atoms with Gasteiger partial charge in [-0.05, 0) is 33.7 Å². The molecule has 0 saturated carbocycles. The topological polar surface area (TPSA) is 29.5 Å². The number of ether oxygens (including phenoxy) is 1. The number of carbonyl (C=O) groups excluding carboxylic acids is 1. The van der Waals surface area contributed by atoms with Crippen LogP contribution in [0, 0.1) is 5.41 Å². The number of halogens is 1. The van der Waals surface area contributed by atoms with Gasteiger partial charge in [0.2, 0.25) is 0 Å². The van der Waals surface area contributed by atoms with Gasteiger partial charge >= 0.3 is 5.97 Å². The molecule has 0 bridgehead atoms. The molecular weight excluding hydrogens is 214 g/mol. The summed E-state index contributed by atoms with van der Waals surface area (Å²) >= 11 is 0. The molecular formula is C11H22ClNO2. The maximum atomic E-state index is 11.6. The highest BCUT2D eigenvalue weighted by Gasteiger charge is 2.29. The quantitative estimate of drug-likeness (QED) is 0.687. The van der Waals surface area contributed by atoms with Crippen LogP contribution < -0.4 is 0 Å². The molecule has 0 N–H and O–H groups in total. The summed E-state index contributed by atoms with van der Waals surface area (Å²) in [6.45, 7) is 10.8. The van der Waals surface area contributed by atoms with E-state index in [2.05, 4.69) is 11.8 Å². The molecule has 0 aromatic heterocycles. The van der Waals surface area contributed by atoms with Crippen molar-refractivity contribution in [3.05, 3.63) is 0 Å². The van der Waals surface area contributed by atoms with E-state index in [1.54, 1.807) is 0 Å². The Labute approximate surface area is 98.6 Å². The number of hydrogen-bond acceptors (Lipinski definition) is 3. The van der Waals surface area contributed by atoms with Gasteiger partial charge in [0.25, 0.3) is 0 Å². The number of esters is 1. The van der Waals surface area contributed by atoms with Crippen LogP contribution >= 0.6 is 12.4 Å². The highest BCUT2D eigenvalue weighted by atomic mass is 35.5. The van der Waals surface area contributed by atoms with E-state index < -0.39 is 0 Å². The van der Waals surface area contributed by atoms with Gasteiger partial charge in [-0.2, -0.15) is 0 Å². The summed E-state index contributed by atoms with van der Waals surface area (Å²) in [5, 5.41) is 0. The Balaban J connectivity index is 0.00000196. The fourth-order valence-electron chi connectivity index (χ4n) is 1.51. The van der Waals surface area contributed by atoms with E-state index in [4.69, 9.17) is 4.74 Å². The molecule has 4 heteroatoms. The van der Waals surface area contributed by atoms with E-state index in [9.17, 15) is 4.79 Å². The summed E-state index contributed by atoms with van der Waals surface area (Å²) in [7, 11) is 0. The third-order valence-corrected chi connectivity index (χ3v) is 2.56. The normalized spacial score (nSPS) is 22.3. The molecule has 1 fully saturated rings. The Morgan fingerprint density at radius 2 is 2.07 bits per heavy atom. The van der Waals surface area contributed by atoms with Crippen LogP contribution in [0.25, 0.3) is 0 Å². The summed E-state index contributed by atoms with van der Waals surface area (Å²) < 4.78 is 5.43. The first-order valence-corrected chi connectivity index (χ1v) is 5.37. The number of nitrogens with zero attached hydrogens (tertiary/aromatic N) is 1. The predicted molar refractivity (Wildman–Crippen MR) is 63.3 cm³/mol. The molecule has 0 aliphatic carbocycles. The Morgan fingerprint density at radius 1 is 1.47 bits per heavy atom. The van der Waals surface area contributed by atoms with Crippen LogP contribution in [0.1, 0.15) is 34.1 Å². The van der Waals surface area contributed by atoms with Crippen LogP contribution in [0.5, 0.6) is 0 Å². The molecule has 0 amide bonds. The maximum absolute atomic E-state index is 11.6. The van der Waals surface area contributed by atoms with E-state index in [1.807, 2.05) is 20.8 Å². The van der Waals surface area contributed by atoms with Crippen molar-refractivity contribution in [2.75, 3.05) is 19.6 Å². The minimum atomic E-state index is -0.375. The first kappa shape index (κ1) is 14.7. The van der Waals surface area contributed by atoms with Gasteiger partial charge in [-0.15, -0.1) is 12.4 Å². The number of likely N-dealkylation sites (N-methyl/N-ethyl adjacent to an activating group) is 1. The molecule has 1 heterocycles. The summed E-state index contributed by atoms with van der Waals surface area (Å²) in [6.07, 6.45) is 1.09. The smallest absolute Gasteiger partial charge is 0.311 e. The minimum Gasteiger partial charge on any atom is -0.461 e. The highest BCUT2D eigenvalue weighted by molar-refractivity contribution is 5.85. The van der Waals surface area contributed by atoms with Gasteiger partial charge in [-0.3, -0.25) is 9.69 Å². The molecule has 0 aromatic rings. The van der Waals surface area contributed by atoms with E-state index in [-0.39, 0.29) is 29.9 Å². The number of rotatable bonds is 2. The average molecular weight is 236 g/mol. The van der Waals surface area contributed by atoms with Gasteiger partial charge in [-0.25, -0.2) is 0 Å². The Bertz CT molecular complexity index is 213. The molecule has 1 aliphatic rings.